The van der Waals surface area contributed by atoms with E-state index in [0.717, 1.165) is 0 Å². The molecule has 1 aromatic heterocycles. The first-order valence-corrected chi connectivity index (χ1v) is 4.81. The van der Waals surface area contributed by atoms with Crippen LogP contribution in [0.2, 0.25) is 0 Å². The molecule has 1 N–H and O–H groups in total. The highest BCUT2D eigenvalue weighted by Gasteiger charge is 2.06. The van der Waals surface area contributed by atoms with Crippen molar-refractivity contribution in [2.45, 2.75) is 39.7 Å². The van der Waals surface area contributed by atoms with Crippen molar-refractivity contribution in [3.8, 4) is 0 Å². The SMILES string of the molecule is CC(C)Nc1ccncc1C(C)C. The van der Waals surface area contributed by atoms with Crippen molar-refractivity contribution in [2.75, 3.05) is 5.32 Å². The zero-order chi connectivity index (χ0) is 9.84. The number of anilines is 1. The van der Waals surface area contributed by atoms with Gasteiger partial charge in [0.25, 0.3) is 0 Å². The summed E-state index contributed by atoms with van der Waals surface area (Å²) in [6.45, 7) is 8.65. The third-order valence-corrected chi connectivity index (χ3v) is 1.92. The van der Waals surface area contributed by atoms with E-state index < -0.39 is 0 Å². The molecule has 0 aliphatic carbocycles. The molecule has 2 nitrogen and oxygen atoms in total. The highest BCUT2D eigenvalue weighted by atomic mass is 14.9. The maximum Gasteiger partial charge on any atom is 0.0408 e. The Hall–Kier alpha value is -1.05. The largest absolute Gasteiger partial charge is 0.383 e. The Morgan fingerprint density at radius 1 is 1.23 bits per heavy atom. The van der Waals surface area contributed by atoms with Gasteiger partial charge in [0.15, 0.2) is 0 Å². The van der Waals surface area contributed by atoms with E-state index in [4.69, 9.17) is 0 Å². The topological polar surface area (TPSA) is 24.9 Å². The summed E-state index contributed by atoms with van der Waals surface area (Å²) in [6.07, 6.45) is 3.77. The number of rotatable bonds is 3. The number of hydrogen-bond donors (Lipinski definition) is 1. The summed E-state index contributed by atoms with van der Waals surface area (Å²) in [5, 5.41) is 3.41. The lowest BCUT2D eigenvalue weighted by Crippen LogP contribution is -2.12. The highest BCUT2D eigenvalue weighted by Crippen LogP contribution is 2.22. The van der Waals surface area contributed by atoms with Crippen molar-refractivity contribution in [2.24, 2.45) is 0 Å². The summed E-state index contributed by atoms with van der Waals surface area (Å²) in [5.74, 6) is 0.523. The number of hydrogen-bond acceptors (Lipinski definition) is 2. The van der Waals surface area contributed by atoms with Crippen LogP contribution in [0.1, 0.15) is 39.2 Å². The van der Waals surface area contributed by atoms with Gasteiger partial charge in [-0.25, -0.2) is 0 Å². The van der Waals surface area contributed by atoms with Crippen LogP contribution in [0.4, 0.5) is 5.69 Å². The summed E-state index contributed by atoms with van der Waals surface area (Å²) in [4.78, 5) is 4.13. The fourth-order valence-electron chi connectivity index (χ4n) is 1.31. The van der Waals surface area contributed by atoms with Crippen LogP contribution in [0.5, 0.6) is 0 Å². The second kappa shape index (κ2) is 4.26. The lowest BCUT2D eigenvalue weighted by molar-refractivity contribution is 0.840. The van der Waals surface area contributed by atoms with Gasteiger partial charge in [-0.15, -0.1) is 0 Å². The maximum absolute atomic E-state index is 4.13. The Bertz CT molecular complexity index is 267. The van der Waals surface area contributed by atoms with E-state index in [2.05, 4.69) is 38.0 Å². The monoisotopic (exact) mass is 178 g/mol. The van der Waals surface area contributed by atoms with Crippen LogP contribution in [0.15, 0.2) is 18.5 Å². The summed E-state index contributed by atoms with van der Waals surface area (Å²) < 4.78 is 0. The van der Waals surface area contributed by atoms with Crippen molar-refractivity contribution in [3.63, 3.8) is 0 Å². The van der Waals surface area contributed by atoms with Crippen LogP contribution in [0.25, 0.3) is 0 Å². The van der Waals surface area contributed by atoms with Crippen LogP contribution in [0, 0.1) is 0 Å². The normalized spacial score (nSPS) is 10.9. The summed E-state index contributed by atoms with van der Waals surface area (Å²) in [6, 6.07) is 2.51. The highest BCUT2D eigenvalue weighted by molar-refractivity contribution is 5.51. The van der Waals surface area contributed by atoms with Crippen molar-refractivity contribution >= 4 is 5.69 Å². The molecular formula is C11H18N2. The number of nitrogens with one attached hydrogen (secondary N) is 1. The van der Waals surface area contributed by atoms with E-state index in [0.29, 0.717) is 12.0 Å². The van der Waals surface area contributed by atoms with Gasteiger partial charge < -0.3 is 5.32 Å². The lowest BCUT2D eigenvalue weighted by Gasteiger charge is -2.16. The van der Waals surface area contributed by atoms with Crippen molar-refractivity contribution in [3.05, 3.63) is 24.0 Å². The molecule has 0 aliphatic rings. The molecule has 0 saturated carbocycles. The first kappa shape index (κ1) is 10.0. The van der Waals surface area contributed by atoms with Gasteiger partial charge in [0.2, 0.25) is 0 Å². The van der Waals surface area contributed by atoms with Gasteiger partial charge in [-0.2, -0.15) is 0 Å². The predicted molar refractivity (Wildman–Crippen MR) is 57.1 cm³/mol. The molecule has 2 heteroatoms. The number of nitrogens with zero attached hydrogens (tertiary/aromatic N) is 1. The second-order valence-corrected chi connectivity index (χ2v) is 3.92. The molecule has 0 spiro atoms. The van der Waals surface area contributed by atoms with E-state index in [1.165, 1.54) is 11.3 Å². The van der Waals surface area contributed by atoms with Gasteiger partial charge in [0, 0.05) is 24.1 Å². The van der Waals surface area contributed by atoms with E-state index in [1.54, 1.807) is 0 Å². The van der Waals surface area contributed by atoms with Gasteiger partial charge in [-0.05, 0) is 31.4 Å². The lowest BCUT2D eigenvalue weighted by atomic mass is 10.0. The molecule has 0 unspecified atom stereocenters. The van der Waals surface area contributed by atoms with Crippen molar-refractivity contribution in [1.82, 2.24) is 4.98 Å². The van der Waals surface area contributed by atoms with Crippen molar-refractivity contribution < 1.29 is 0 Å². The van der Waals surface area contributed by atoms with Crippen molar-refractivity contribution in [1.29, 1.82) is 0 Å². The molecule has 72 valence electrons. The second-order valence-electron chi connectivity index (χ2n) is 3.92. The molecule has 0 atom stereocenters. The number of pyridine rings is 1. The quantitative estimate of drug-likeness (QED) is 0.769. The van der Waals surface area contributed by atoms with Crippen LogP contribution >= 0.6 is 0 Å². The average Bonchev–Trinajstić information content (AvgIpc) is 2.03. The average molecular weight is 178 g/mol. The molecule has 1 aromatic rings. The van der Waals surface area contributed by atoms with Crippen LogP contribution in [0.3, 0.4) is 0 Å². The molecule has 0 fully saturated rings. The Balaban J connectivity index is 2.91. The Morgan fingerprint density at radius 2 is 1.92 bits per heavy atom. The van der Waals surface area contributed by atoms with E-state index >= 15 is 0 Å². The Morgan fingerprint density at radius 3 is 2.46 bits per heavy atom. The van der Waals surface area contributed by atoms with Gasteiger partial charge >= 0.3 is 0 Å². The summed E-state index contributed by atoms with van der Waals surface area (Å²) >= 11 is 0. The number of aromatic nitrogens is 1. The Labute approximate surface area is 80.4 Å². The third-order valence-electron chi connectivity index (χ3n) is 1.92. The van der Waals surface area contributed by atoms with Gasteiger partial charge in [-0.1, -0.05) is 13.8 Å². The van der Waals surface area contributed by atoms with Gasteiger partial charge in [0.05, 0.1) is 0 Å². The predicted octanol–water partition coefficient (Wildman–Crippen LogP) is 3.03. The smallest absolute Gasteiger partial charge is 0.0408 e. The maximum atomic E-state index is 4.13. The molecule has 13 heavy (non-hydrogen) atoms. The minimum absolute atomic E-state index is 0.472. The van der Waals surface area contributed by atoms with E-state index in [-0.39, 0.29) is 0 Å². The molecule has 0 bridgehead atoms. The van der Waals surface area contributed by atoms with Crippen LogP contribution in [-0.2, 0) is 0 Å². The standard InChI is InChI=1S/C11H18N2/c1-8(2)10-7-12-6-5-11(10)13-9(3)4/h5-9H,1-4H3,(H,12,13). The zero-order valence-corrected chi connectivity index (χ0v) is 8.83. The fourth-order valence-corrected chi connectivity index (χ4v) is 1.31. The first-order valence-electron chi connectivity index (χ1n) is 4.81. The minimum Gasteiger partial charge on any atom is -0.383 e. The molecule has 0 saturated heterocycles. The molecular weight excluding hydrogens is 160 g/mol. The van der Waals surface area contributed by atoms with E-state index in [9.17, 15) is 0 Å². The molecule has 0 aromatic carbocycles. The van der Waals surface area contributed by atoms with Crippen LogP contribution in [-0.4, -0.2) is 11.0 Å². The zero-order valence-electron chi connectivity index (χ0n) is 8.83. The molecule has 0 radical (unpaired) electrons. The molecule has 1 rings (SSSR count). The van der Waals surface area contributed by atoms with E-state index in [1.807, 2.05) is 18.5 Å². The van der Waals surface area contributed by atoms with Crippen LogP contribution < -0.4 is 5.32 Å². The summed E-state index contributed by atoms with van der Waals surface area (Å²) in [7, 11) is 0. The Kier molecular flexibility index (Phi) is 3.29. The molecule has 0 amide bonds. The third kappa shape index (κ3) is 2.72. The fraction of sp³-hybridized carbons (Fsp3) is 0.545. The van der Waals surface area contributed by atoms with Gasteiger partial charge in [0.1, 0.15) is 0 Å². The minimum atomic E-state index is 0.472. The molecule has 1 heterocycles. The molecule has 0 aliphatic heterocycles. The van der Waals surface area contributed by atoms with Gasteiger partial charge in [-0.3, -0.25) is 4.98 Å². The summed E-state index contributed by atoms with van der Waals surface area (Å²) in [5.41, 5.74) is 2.50. The first-order chi connectivity index (χ1) is 6.11.